The summed E-state index contributed by atoms with van der Waals surface area (Å²) in [5.41, 5.74) is 1.50. The van der Waals surface area contributed by atoms with Crippen LogP contribution in [-0.2, 0) is 10.5 Å². The van der Waals surface area contributed by atoms with E-state index in [0.29, 0.717) is 22.6 Å². The highest BCUT2D eigenvalue weighted by atomic mass is 32.2. The van der Waals surface area contributed by atoms with Gasteiger partial charge in [0.2, 0.25) is 0 Å². The number of H-pyrrole nitrogens is 1. The van der Waals surface area contributed by atoms with Crippen LogP contribution in [-0.4, -0.2) is 37.9 Å². The van der Waals surface area contributed by atoms with E-state index in [1.165, 1.54) is 23.9 Å². The number of carbonyl (C=O) groups is 2. The molecule has 0 fully saturated rings. The second kappa shape index (κ2) is 5.09. The van der Waals surface area contributed by atoms with Crippen molar-refractivity contribution in [2.75, 3.05) is 5.75 Å². The van der Waals surface area contributed by atoms with E-state index in [1.807, 2.05) is 0 Å². The second-order valence-electron chi connectivity index (χ2n) is 3.61. The lowest BCUT2D eigenvalue weighted by atomic mass is 10.2. The van der Waals surface area contributed by atoms with Crippen LogP contribution in [0.15, 0.2) is 18.2 Å². The fourth-order valence-corrected chi connectivity index (χ4v) is 2.11. The third-order valence-electron chi connectivity index (χ3n) is 2.24. The molecule has 18 heavy (non-hydrogen) atoms. The van der Waals surface area contributed by atoms with Crippen LogP contribution in [0, 0.1) is 0 Å². The Kier molecular flexibility index (Phi) is 3.52. The molecule has 0 unspecified atom stereocenters. The summed E-state index contributed by atoms with van der Waals surface area (Å²) in [6, 6.07) is 4.62. The van der Waals surface area contributed by atoms with Crippen molar-refractivity contribution in [2.24, 2.45) is 0 Å². The van der Waals surface area contributed by atoms with Crippen LogP contribution < -0.4 is 0 Å². The second-order valence-corrected chi connectivity index (χ2v) is 4.59. The maximum Gasteiger partial charge on any atom is 0.335 e. The van der Waals surface area contributed by atoms with E-state index in [1.54, 1.807) is 6.07 Å². The van der Waals surface area contributed by atoms with Crippen molar-refractivity contribution < 1.29 is 19.8 Å². The monoisotopic (exact) mass is 266 g/mol. The molecule has 94 valence electrons. The van der Waals surface area contributed by atoms with Crippen LogP contribution in [0.2, 0.25) is 0 Å². The van der Waals surface area contributed by atoms with Crippen LogP contribution in [0.3, 0.4) is 0 Å². The molecule has 0 spiro atoms. The van der Waals surface area contributed by atoms with Crippen molar-refractivity contribution in [3.63, 3.8) is 0 Å². The van der Waals surface area contributed by atoms with Crippen molar-refractivity contribution in [1.29, 1.82) is 0 Å². The molecule has 0 bridgehead atoms. The number of rotatable bonds is 5. The molecule has 0 radical (unpaired) electrons. The van der Waals surface area contributed by atoms with Gasteiger partial charge >= 0.3 is 11.9 Å². The highest BCUT2D eigenvalue weighted by molar-refractivity contribution is 7.99. The molecular formula is C11H10N2O4S. The number of benzene rings is 1. The van der Waals surface area contributed by atoms with Crippen molar-refractivity contribution in [3.05, 3.63) is 29.6 Å². The van der Waals surface area contributed by atoms with Gasteiger partial charge in [0, 0.05) is 0 Å². The van der Waals surface area contributed by atoms with Crippen LogP contribution in [0.25, 0.3) is 11.0 Å². The molecule has 0 atom stereocenters. The zero-order valence-electron chi connectivity index (χ0n) is 9.21. The third kappa shape index (κ3) is 2.80. The molecule has 3 N–H and O–H groups in total. The summed E-state index contributed by atoms with van der Waals surface area (Å²) >= 11 is 1.23. The Morgan fingerprint density at radius 1 is 1.33 bits per heavy atom. The molecule has 0 amide bonds. The Morgan fingerprint density at radius 2 is 2.11 bits per heavy atom. The maximum absolute atomic E-state index is 10.8. The van der Waals surface area contributed by atoms with Crippen LogP contribution in [0.1, 0.15) is 16.2 Å². The van der Waals surface area contributed by atoms with Gasteiger partial charge in [-0.15, -0.1) is 11.8 Å². The zero-order chi connectivity index (χ0) is 13.1. The molecule has 7 heteroatoms. The number of nitrogens with one attached hydrogen (secondary N) is 1. The summed E-state index contributed by atoms with van der Waals surface area (Å²) in [6.07, 6.45) is 0. The van der Waals surface area contributed by atoms with E-state index in [-0.39, 0.29) is 11.3 Å². The van der Waals surface area contributed by atoms with E-state index in [9.17, 15) is 9.59 Å². The summed E-state index contributed by atoms with van der Waals surface area (Å²) in [4.78, 5) is 28.4. The lowest BCUT2D eigenvalue weighted by molar-refractivity contribution is -0.133. The van der Waals surface area contributed by atoms with Gasteiger partial charge < -0.3 is 15.2 Å². The largest absolute Gasteiger partial charge is 0.481 e. The standard InChI is InChI=1S/C11H10N2O4S/c14-10(15)5-18-4-9-12-7-2-1-6(11(16)17)3-8(7)13-9/h1-3H,4-5H2,(H,12,13)(H,14,15)(H,16,17). The number of aromatic amines is 1. The summed E-state index contributed by atoms with van der Waals surface area (Å²) in [6.45, 7) is 0. The molecule has 0 aliphatic rings. The lowest BCUT2D eigenvalue weighted by Gasteiger charge is -1.93. The van der Waals surface area contributed by atoms with E-state index in [4.69, 9.17) is 10.2 Å². The van der Waals surface area contributed by atoms with Gasteiger partial charge in [-0.05, 0) is 18.2 Å². The van der Waals surface area contributed by atoms with Crippen molar-refractivity contribution >= 4 is 34.7 Å². The van der Waals surface area contributed by atoms with E-state index in [0.717, 1.165) is 0 Å². The Morgan fingerprint density at radius 3 is 2.78 bits per heavy atom. The molecule has 2 aromatic rings. The first-order valence-electron chi connectivity index (χ1n) is 5.08. The molecule has 1 aromatic heterocycles. The predicted octanol–water partition coefficient (Wildman–Crippen LogP) is 1.58. The van der Waals surface area contributed by atoms with Crippen LogP contribution >= 0.6 is 11.8 Å². The number of hydrogen-bond acceptors (Lipinski definition) is 4. The number of hydrogen-bond donors (Lipinski definition) is 3. The first-order chi connectivity index (χ1) is 8.56. The van der Waals surface area contributed by atoms with Gasteiger partial charge in [0.05, 0.1) is 28.1 Å². The summed E-state index contributed by atoms with van der Waals surface area (Å²) < 4.78 is 0. The summed E-state index contributed by atoms with van der Waals surface area (Å²) in [5, 5.41) is 17.4. The molecular weight excluding hydrogens is 256 g/mol. The van der Waals surface area contributed by atoms with Crippen LogP contribution in [0.5, 0.6) is 0 Å². The normalized spacial score (nSPS) is 10.7. The SMILES string of the molecule is O=C(O)CSCc1nc2ccc(C(=O)O)cc2[nH]1. The highest BCUT2D eigenvalue weighted by Gasteiger charge is 2.08. The Bertz CT molecular complexity index is 608. The van der Waals surface area contributed by atoms with Gasteiger partial charge in [0.1, 0.15) is 5.82 Å². The quantitative estimate of drug-likeness (QED) is 0.759. The predicted molar refractivity (Wildman–Crippen MR) is 66.9 cm³/mol. The highest BCUT2D eigenvalue weighted by Crippen LogP contribution is 2.17. The van der Waals surface area contributed by atoms with Crippen molar-refractivity contribution in [3.8, 4) is 0 Å². The number of aromatic nitrogens is 2. The number of nitrogens with zero attached hydrogens (tertiary/aromatic N) is 1. The number of carboxylic acids is 2. The molecule has 0 saturated carbocycles. The number of carboxylic acid groups (broad SMARTS) is 2. The van der Waals surface area contributed by atoms with Gasteiger partial charge in [0.15, 0.2) is 0 Å². The molecule has 0 saturated heterocycles. The van der Waals surface area contributed by atoms with Gasteiger partial charge in [-0.3, -0.25) is 4.79 Å². The number of aromatic carboxylic acids is 1. The lowest BCUT2D eigenvalue weighted by Crippen LogP contribution is -1.98. The topological polar surface area (TPSA) is 103 Å². The van der Waals surface area contributed by atoms with Gasteiger partial charge in [-0.1, -0.05) is 0 Å². The molecule has 2 rings (SSSR count). The van der Waals surface area contributed by atoms with Gasteiger partial charge in [-0.2, -0.15) is 0 Å². The van der Waals surface area contributed by atoms with E-state index < -0.39 is 11.9 Å². The number of fused-ring (bicyclic) bond motifs is 1. The minimum atomic E-state index is -0.992. The molecule has 0 aliphatic carbocycles. The average Bonchev–Trinajstić information content (AvgIpc) is 2.69. The van der Waals surface area contributed by atoms with E-state index in [2.05, 4.69) is 9.97 Å². The average molecular weight is 266 g/mol. The molecule has 1 aromatic carbocycles. The summed E-state index contributed by atoms with van der Waals surface area (Å²) in [7, 11) is 0. The Hall–Kier alpha value is -2.02. The fraction of sp³-hybridized carbons (Fsp3) is 0.182. The molecule has 1 heterocycles. The third-order valence-corrected chi connectivity index (χ3v) is 3.17. The van der Waals surface area contributed by atoms with Gasteiger partial charge in [0.25, 0.3) is 0 Å². The number of thioether (sulfide) groups is 1. The first kappa shape index (κ1) is 12.4. The fourth-order valence-electron chi connectivity index (χ4n) is 1.50. The van der Waals surface area contributed by atoms with Crippen LogP contribution in [0.4, 0.5) is 0 Å². The molecule has 0 aliphatic heterocycles. The van der Waals surface area contributed by atoms with Gasteiger partial charge in [-0.25, -0.2) is 9.78 Å². The number of imidazole rings is 1. The zero-order valence-corrected chi connectivity index (χ0v) is 10.0. The minimum Gasteiger partial charge on any atom is -0.481 e. The van der Waals surface area contributed by atoms with Crippen molar-refractivity contribution in [1.82, 2.24) is 9.97 Å². The van der Waals surface area contributed by atoms with Crippen molar-refractivity contribution in [2.45, 2.75) is 5.75 Å². The smallest absolute Gasteiger partial charge is 0.335 e. The Labute approximate surface area is 106 Å². The molecule has 6 nitrogen and oxygen atoms in total. The summed E-state index contributed by atoms with van der Waals surface area (Å²) in [5.74, 6) is -0.766. The Balaban J connectivity index is 2.16. The maximum atomic E-state index is 10.8. The van der Waals surface area contributed by atoms with E-state index >= 15 is 0 Å². The first-order valence-corrected chi connectivity index (χ1v) is 6.23. The minimum absolute atomic E-state index is 0.0113. The number of aliphatic carboxylic acids is 1.